The van der Waals surface area contributed by atoms with Gasteiger partial charge in [-0.3, -0.25) is 9.59 Å². The van der Waals surface area contributed by atoms with Gasteiger partial charge in [0.2, 0.25) is 6.20 Å². The molecule has 212 valence electrons. The second-order valence-corrected chi connectivity index (χ2v) is 9.28. The van der Waals surface area contributed by atoms with E-state index in [1.165, 1.54) is 29.2 Å². The predicted molar refractivity (Wildman–Crippen MR) is 131 cm³/mol. The van der Waals surface area contributed by atoms with Crippen LogP contribution in [0.3, 0.4) is 0 Å². The zero-order chi connectivity index (χ0) is 28.9. The first kappa shape index (κ1) is 28.9. The average Bonchev–Trinajstić information content (AvgIpc) is 2.94. The van der Waals surface area contributed by atoms with E-state index in [-0.39, 0.29) is 36.4 Å². The van der Waals surface area contributed by atoms with E-state index < -0.39 is 30.0 Å². The Labute approximate surface area is 226 Å². The first-order valence-electron chi connectivity index (χ1n) is 12.6. The number of pyridine rings is 1. The van der Waals surface area contributed by atoms with Crippen LogP contribution < -0.4 is 15.1 Å². The molecular weight excluding hydrogens is 536 g/mol. The maximum absolute atomic E-state index is 14.7. The van der Waals surface area contributed by atoms with Crippen molar-refractivity contribution in [3.05, 3.63) is 92.9 Å². The fraction of sp³-hybridized carbons (Fsp3) is 0.370. The first-order valence-corrected chi connectivity index (χ1v) is 12.6. The number of piperidine rings is 1. The minimum absolute atomic E-state index is 0.113. The summed E-state index contributed by atoms with van der Waals surface area (Å²) in [7, 11) is 0. The third kappa shape index (κ3) is 7.08. The van der Waals surface area contributed by atoms with Crippen molar-refractivity contribution in [3.63, 3.8) is 0 Å². The van der Waals surface area contributed by atoms with Gasteiger partial charge >= 0.3 is 12.1 Å². The summed E-state index contributed by atoms with van der Waals surface area (Å²) in [6, 6.07) is 10.3. The van der Waals surface area contributed by atoms with Crippen LogP contribution in [0.5, 0.6) is 0 Å². The Balaban J connectivity index is 1.42. The number of halogens is 4. The van der Waals surface area contributed by atoms with Gasteiger partial charge in [-0.1, -0.05) is 13.0 Å². The standard InChI is InChI=1S/C27H26F4N4O5/c1-2-18-14-19(32-33-24(18)36)12-17-8-9-23(28)22(13-17)25(37)34-10-5-7-21(15-34)39-16-20-6-3-4-11-35(20)40-26(38)27(29,30)31/h3-4,6,8-9,11,13-14,21H,2,5,7,10,12,15-16H2,1H3/p+1. The maximum atomic E-state index is 14.7. The molecule has 2 aromatic heterocycles. The van der Waals surface area contributed by atoms with Crippen molar-refractivity contribution in [1.29, 1.82) is 0 Å². The summed E-state index contributed by atoms with van der Waals surface area (Å²) < 4.78 is 59.1. The van der Waals surface area contributed by atoms with E-state index in [1.807, 2.05) is 6.92 Å². The molecule has 1 fully saturated rings. The van der Waals surface area contributed by atoms with Gasteiger partial charge in [0, 0.05) is 41.9 Å². The van der Waals surface area contributed by atoms with E-state index in [0.29, 0.717) is 47.4 Å². The number of carbonyl (C=O) groups is 2. The molecule has 4 rings (SSSR count). The van der Waals surface area contributed by atoms with Crippen LogP contribution in [0.1, 0.15) is 52.6 Å². The number of nitrogens with zero attached hydrogens (tertiary/aromatic N) is 3. The minimum atomic E-state index is -5.16. The van der Waals surface area contributed by atoms with E-state index in [1.54, 1.807) is 18.2 Å². The van der Waals surface area contributed by atoms with Gasteiger partial charge in [-0.05, 0) is 49.1 Å². The van der Waals surface area contributed by atoms with Crippen LogP contribution in [0.15, 0.2) is 53.5 Å². The summed E-state index contributed by atoms with van der Waals surface area (Å²) in [6.07, 6.45) is -2.54. The number of aromatic nitrogens is 3. The quantitative estimate of drug-likeness (QED) is 0.334. The molecule has 1 unspecified atom stereocenters. The smallest absolute Gasteiger partial charge is 0.365 e. The number of nitrogens with one attached hydrogen (secondary N) is 1. The van der Waals surface area contributed by atoms with Crippen molar-refractivity contribution >= 4 is 11.9 Å². The first-order chi connectivity index (χ1) is 19.0. The number of likely N-dealkylation sites (tertiary alicyclic amines) is 1. The van der Waals surface area contributed by atoms with Crippen molar-refractivity contribution in [3.8, 4) is 0 Å². The summed E-state index contributed by atoms with van der Waals surface area (Å²) in [5.74, 6) is -3.58. The van der Waals surface area contributed by atoms with Crippen LogP contribution in [0.2, 0.25) is 0 Å². The van der Waals surface area contributed by atoms with E-state index in [4.69, 9.17) is 4.74 Å². The highest BCUT2D eigenvalue weighted by atomic mass is 19.4. The lowest BCUT2D eigenvalue weighted by atomic mass is 10.0. The van der Waals surface area contributed by atoms with Crippen LogP contribution in [-0.2, 0) is 29.0 Å². The molecule has 13 heteroatoms. The monoisotopic (exact) mass is 563 g/mol. The molecule has 1 aromatic carbocycles. The van der Waals surface area contributed by atoms with E-state index in [9.17, 15) is 31.9 Å². The van der Waals surface area contributed by atoms with E-state index >= 15 is 0 Å². The number of hydrogen-bond acceptors (Lipinski definition) is 6. The summed E-state index contributed by atoms with van der Waals surface area (Å²) in [5.41, 5.74) is 1.56. The van der Waals surface area contributed by atoms with Gasteiger partial charge in [-0.15, -0.1) is 0 Å². The van der Waals surface area contributed by atoms with Crippen molar-refractivity contribution in [2.45, 2.75) is 51.5 Å². The highest BCUT2D eigenvalue weighted by Gasteiger charge is 2.45. The Morgan fingerprint density at radius 1 is 1.20 bits per heavy atom. The number of alkyl halides is 3. The van der Waals surface area contributed by atoms with Gasteiger partial charge in [0.1, 0.15) is 12.4 Å². The zero-order valence-corrected chi connectivity index (χ0v) is 21.5. The Bertz CT molecular complexity index is 1440. The van der Waals surface area contributed by atoms with Gasteiger partial charge in [-0.2, -0.15) is 23.1 Å². The molecule has 1 N–H and O–H groups in total. The molecule has 1 aliphatic heterocycles. The molecule has 1 amide bonds. The average molecular weight is 564 g/mol. The van der Waals surface area contributed by atoms with E-state index in [0.717, 1.165) is 6.20 Å². The number of rotatable bonds is 8. The van der Waals surface area contributed by atoms with Crippen LogP contribution in [0.4, 0.5) is 17.6 Å². The normalized spacial score (nSPS) is 15.6. The van der Waals surface area contributed by atoms with Crippen LogP contribution in [-0.4, -0.2) is 52.3 Å². The number of H-pyrrole nitrogens is 1. The lowest BCUT2D eigenvalue weighted by Gasteiger charge is -2.32. The van der Waals surface area contributed by atoms with E-state index in [2.05, 4.69) is 15.0 Å². The molecule has 1 aliphatic rings. The number of ether oxygens (including phenoxy) is 1. The number of aryl methyl sites for hydroxylation is 1. The summed E-state index contributed by atoms with van der Waals surface area (Å²) in [4.78, 5) is 42.1. The predicted octanol–water partition coefficient (Wildman–Crippen LogP) is 2.69. The molecule has 0 aliphatic carbocycles. The molecule has 1 atom stereocenters. The Morgan fingerprint density at radius 3 is 2.75 bits per heavy atom. The van der Waals surface area contributed by atoms with Crippen LogP contribution in [0, 0.1) is 5.82 Å². The molecule has 1 saturated heterocycles. The van der Waals surface area contributed by atoms with Crippen LogP contribution >= 0.6 is 0 Å². The van der Waals surface area contributed by atoms with Gasteiger partial charge in [-0.25, -0.2) is 14.3 Å². The van der Waals surface area contributed by atoms with Crippen molar-refractivity contribution in [1.82, 2.24) is 15.1 Å². The third-order valence-corrected chi connectivity index (χ3v) is 6.41. The number of hydrogen-bond donors (Lipinski definition) is 1. The summed E-state index contributed by atoms with van der Waals surface area (Å²) >= 11 is 0. The van der Waals surface area contributed by atoms with Crippen molar-refractivity contribution in [2.75, 3.05) is 13.1 Å². The fourth-order valence-electron chi connectivity index (χ4n) is 4.34. The van der Waals surface area contributed by atoms with Crippen LogP contribution in [0.25, 0.3) is 0 Å². The molecular formula is C27H27F4N4O5+. The van der Waals surface area contributed by atoms with Gasteiger partial charge in [0.25, 0.3) is 17.2 Å². The topological polar surface area (TPSA) is 105 Å². The number of benzene rings is 1. The largest absolute Gasteiger partial charge is 0.498 e. The van der Waals surface area contributed by atoms with Gasteiger partial charge in [0.05, 0.1) is 17.4 Å². The number of carbonyl (C=O) groups excluding carboxylic acids is 2. The SMILES string of the molecule is CCc1cc(Cc2ccc(F)c(C(=O)N3CCCC(OCc4cccc[n+]4OC(=O)C(F)(F)F)C3)c2)n[nH]c1=O. The zero-order valence-electron chi connectivity index (χ0n) is 21.5. The highest BCUT2D eigenvalue weighted by Crippen LogP contribution is 2.21. The molecule has 0 spiro atoms. The molecule has 0 radical (unpaired) electrons. The van der Waals surface area contributed by atoms with Crippen molar-refractivity contribution in [2.24, 2.45) is 0 Å². The molecule has 0 bridgehead atoms. The molecule has 40 heavy (non-hydrogen) atoms. The Kier molecular flexibility index (Phi) is 8.93. The number of aromatic amines is 1. The molecule has 0 saturated carbocycles. The third-order valence-electron chi connectivity index (χ3n) is 6.41. The lowest BCUT2D eigenvalue weighted by molar-refractivity contribution is -0.877. The van der Waals surface area contributed by atoms with Crippen molar-refractivity contribution < 1.29 is 41.5 Å². The molecule has 9 nitrogen and oxygen atoms in total. The Morgan fingerprint density at radius 2 is 2.00 bits per heavy atom. The second-order valence-electron chi connectivity index (χ2n) is 9.28. The number of amides is 1. The molecule has 3 aromatic rings. The minimum Gasteiger partial charge on any atom is -0.365 e. The summed E-state index contributed by atoms with van der Waals surface area (Å²) in [6.45, 7) is 2.17. The van der Waals surface area contributed by atoms with Gasteiger partial charge < -0.3 is 9.64 Å². The van der Waals surface area contributed by atoms with Gasteiger partial charge in [0.15, 0.2) is 0 Å². The molecule has 3 heterocycles. The Hall–Kier alpha value is -4.13. The summed E-state index contributed by atoms with van der Waals surface area (Å²) in [5, 5.41) is 6.47. The lowest BCUT2D eigenvalue weighted by Crippen LogP contribution is -2.53. The highest BCUT2D eigenvalue weighted by molar-refractivity contribution is 5.94. The fourth-order valence-corrected chi connectivity index (χ4v) is 4.34. The second kappa shape index (κ2) is 12.4. The maximum Gasteiger partial charge on any atom is 0.498 e.